The summed E-state index contributed by atoms with van der Waals surface area (Å²) >= 11 is 0. The topological polar surface area (TPSA) is 37.3 Å². The van der Waals surface area contributed by atoms with Gasteiger partial charge < -0.3 is 5.11 Å². The molecule has 128 valence electrons. The van der Waals surface area contributed by atoms with E-state index in [0.29, 0.717) is 23.5 Å². The fourth-order valence-electron chi connectivity index (χ4n) is 7.37. The van der Waals surface area contributed by atoms with Gasteiger partial charge in [-0.1, -0.05) is 25.5 Å². The third kappa shape index (κ3) is 2.06. The molecule has 0 radical (unpaired) electrons. The highest BCUT2D eigenvalue weighted by Crippen LogP contribution is 2.66. The predicted octanol–water partition coefficient (Wildman–Crippen LogP) is 4.52. The van der Waals surface area contributed by atoms with Crippen LogP contribution in [-0.2, 0) is 4.79 Å². The molecular formula is C21H32O2. The van der Waals surface area contributed by atoms with Gasteiger partial charge in [-0.05, 0) is 80.5 Å². The maximum absolute atomic E-state index is 13.3. The molecule has 0 aliphatic heterocycles. The lowest BCUT2D eigenvalue weighted by Gasteiger charge is -2.59. The lowest BCUT2D eigenvalue weighted by Crippen LogP contribution is -2.57. The third-order valence-electron chi connectivity index (χ3n) is 8.52. The van der Waals surface area contributed by atoms with Crippen LogP contribution in [0.4, 0.5) is 0 Å². The molecule has 1 N–H and O–H groups in total. The maximum atomic E-state index is 13.3. The number of hydrogen-bond donors (Lipinski definition) is 1. The predicted molar refractivity (Wildman–Crippen MR) is 91.9 cm³/mol. The lowest BCUT2D eigenvalue weighted by molar-refractivity contribution is -0.157. The fourth-order valence-corrected chi connectivity index (χ4v) is 7.37. The number of aliphatic hydroxyl groups is 1. The van der Waals surface area contributed by atoms with Crippen molar-refractivity contribution in [3.8, 4) is 0 Å². The first kappa shape index (κ1) is 15.9. The molecule has 1 unspecified atom stereocenters. The number of allylic oxidation sites excluding steroid dienone is 2. The molecule has 0 spiro atoms. The van der Waals surface area contributed by atoms with Crippen molar-refractivity contribution in [2.45, 2.75) is 78.2 Å². The van der Waals surface area contributed by atoms with E-state index in [1.54, 1.807) is 5.57 Å². The van der Waals surface area contributed by atoms with Gasteiger partial charge in [-0.3, -0.25) is 4.79 Å². The van der Waals surface area contributed by atoms with Crippen molar-refractivity contribution in [2.75, 3.05) is 0 Å². The number of ketones is 1. The van der Waals surface area contributed by atoms with Crippen LogP contribution in [0.1, 0.15) is 72.1 Å². The first-order valence-corrected chi connectivity index (χ1v) is 9.76. The zero-order chi connectivity index (χ0) is 16.4. The van der Waals surface area contributed by atoms with Gasteiger partial charge in [0.15, 0.2) is 0 Å². The van der Waals surface area contributed by atoms with Crippen LogP contribution in [0.15, 0.2) is 11.6 Å². The second-order valence-corrected chi connectivity index (χ2v) is 9.37. The van der Waals surface area contributed by atoms with Crippen molar-refractivity contribution >= 4 is 5.78 Å². The quantitative estimate of drug-likeness (QED) is 0.667. The van der Waals surface area contributed by atoms with Crippen molar-refractivity contribution < 1.29 is 9.90 Å². The van der Waals surface area contributed by atoms with Crippen LogP contribution in [0, 0.1) is 34.5 Å². The first-order chi connectivity index (χ1) is 10.9. The minimum absolute atomic E-state index is 0.130. The number of hydrogen-bond acceptors (Lipinski definition) is 2. The minimum atomic E-state index is -0.130. The summed E-state index contributed by atoms with van der Waals surface area (Å²) in [6.45, 7) is 6.90. The molecule has 0 saturated heterocycles. The van der Waals surface area contributed by atoms with Crippen LogP contribution in [0.25, 0.3) is 0 Å². The molecule has 4 saturated carbocycles. The summed E-state index contributed by atoms with van der Waals surface area (Å²) in [5, 5.41) is 10.1. The summed E-state index contributed by atoms with van der Waals surface area (Å²) < 4.78 is 0. The summed E-state index contributed by atoms with van der Waals surface area (Å²) in [7, 11) is 0. The van der Waals surface area contributed by atoms with Gasteiger partial charge in [0.2, 0.25) is 0 Å². The normalized spacial score (nSPS) is 54.5. The summed E-state index contributed by atoms with van der Waals surface area (Å²) in [5.41, 5.74) is 1.84. The van der Waals surface area contributed by atoms with E-state index >= 15 is 0 Å². The molecule has 0 heterocycles. The Kier molecular flexibility index (Phi) is 3.58. The highest BCUT2D eigenvalue weighted by Gasteiger charge is 2.61. The van der Waals surface area contributed by atoms with E-state index in [4.69, 9.17) is 0 Å². The fraction of sp³-hybridized carbons (Fsp3) is 0.857. The number of fused-ring (bicyclic) bond motifs is 5. The van der Waals surface area contributed by atoms with Crippen LogP contribution in [0.2, 0.25) is 0 Å². The highest BCUT2D eigenvalue weighted by molar-refractivity contribution is 5.85. The van der Waals surface area contributed by atoms with Gasteiger partial charge in [-0.25, -0.2) is 0 Å². The second-order valence-electron chi connectivity index (χ2n) is 9.37. The van der Waals surface area contributed by atoms with E-state index in [0.717, 1.165) is 25.7 Å². The molecule has 4 aliphatic carbocycles. The van der Waals surface area contributed by atoms with E-state index in [2.05, 4.69) is 26.8 Å². The summed E-state index contributed by atoms with van der Waals surface area (Å²) in [5.74, 6) is 2.67. The molecule has 23 heavy (non-hydrogen) atoms. The third-order valence-corrected chi connectivity index (χ3v) is 8.52. The largest absolute Gasteiger partial charge is 0.393 e. The van der Waals surface area contributed by atoms with Crippen molar-refractivity contribution in [1.29, 1.82) is 0 Å². The van der Waals surface area contributed by atoms with Gasteiger partial charge >= 0.3 is 0 Å². The molecule has 0 aromatic rings. The zero-order valence-corrected chi connectivity index (χ0v) is 15.0. The van der Waals surface area contributed by atoms with Crippen LogP contribution in [0.5, 0.6) is 0 Å². The maximum Gasteiger partial charge on any atom is 0.137 e. The Bertz CT molecular complexity index is 550. The Morgan fingerprint density at radius 3 is 2.70 bits per heavy atom. The molecule has 2 heteroatoms. The van der Waals surface area contributed by atoms with Gasteiger partial charge in [0.1, 0.15) is 5.78 Å². The van der Waals surface area contributed by atoms with E-state index in [1.165, 1.54) is 25.7 Å². The molecule has 4 rings (SSSR count). The molecule has 4 fully saturated rings. The minimum Gasteiger partial charge on any atom is -0.393 e. The Balaban J connectivity index is 1.70. The Labute approximate surface area is 140 Å². The number of carbonyl (C=O) groups is 1. The second kappa shape index (κ2) is 5.18. The molecular weight excluding hydrogens is 284 g/mol. The molecule has 2 nitrogen and oxygen atoms in total. The van der Waals surface area contributed by atoms with Crippen LogP contribution < -0.4 is 0 Å². The van der Waals surface area contributed by atoms with Crippen molar-refractivity contribution in [3.05, 3.63) is 11.6 Å². The Hall–Kier alpha value is -0.630. The van der Waals surface area contributed by atoms with Gasteiger partial charge in [0, 0.05) is 12.3 Å². The standard InChI is InChI=1S/C21H32O2/c1-4-13-6-8-17-16-7-5-14-11-15(22)9-10-20(14,2)19(16)18(23)12-21(13,17)3/h4,14-17,19,22H,5-12H2,1-3H3/b13-4-/t14-,15-,16?,17-,19+,20-,21+/m0/s1. The molecule has 7 atom stereocenters. The highest BCUT2D eigenvalue weighted by atomic mass is 16.3. The van der Waals surface area contributed by atoms with E-state index in [9.17, 15) is 9.90 Å². The number of carbonyl (C=O) groups excluding carboxylic acids is 1. The van der Waals surface area contributed by atoms with Crippen molar-refractivity contribution in [1.82, 2.24) is 0 Å². The van der Waals surface area contributed by atoms with Crippen molar-refractivity contribution in [3.63, 3.8) is 0 Å². The zero-order valence-electron chi connectivity index (χ0n) is 15.0. The van der Waals surface area contributed by atoms with Gasteiger partial charge in [-0.2, -0.15) is 0 Å². The average Bonchev–Trinajstić information content (AvgIpc) is 2.83. The summed E-state index contributed by atoms with van der Waals surface area (Å²) in [6, 6.07) is 0. The van der Waals surface area contributed by atoms with E-state index in [-0.39, 0.29) is 22.9 Å². The number of Topliss-reactive ketones (excluding diaryl/α,β-unsaturated/α-hetero) is 1. The van der Waals surface area contributed by atoms with Crippen molar-refractivity contribution in [2.24, 2.45) is 34.5 Å². The first-order valence-electron chi connectivity index (χ1n) is 9.76. The molecule has 0 aromatic carbocycles. The molecule has 0 amide bonds. The van der Waals surface area contributed by atoms with Crippen LogP contribution in [-0.4, -0.2) is 17.0 Å². The number of rotatable bonds is 0. The van der Waals surface area contributed by atoms with Crippen LogP contribution >= 0.6 is 0 Å². The Morgan fingerprint density at radius 1 is 1.17 bits per heavy atom. The van der Waals surface area contributed by atoms with Gasteiger partial charge in [-0.15, -0.1) is 0 Å². The summed E-state index contributed by atoms with van der Waals surface area (Å²) in [6.07, 6.45) is 10.7. The van der Waals surface area contributed by atoms with Gasteiger partial charge in [0.05, 0.1) is 6.10 Å². The smallest absolute Gasteiger partial charge is 0.137 e. The monoisotopic (exact) mass is 316 g/mol. The SMILES string of the molecule is C/C=C1/CC[C@H]2C3CC[C@H]4C[C@@H](O)CC[C@]4(C)[C@H]3C(=O)C[C@]12C. The molecule has 0 aromatic heterocycles. The number of aliphatic hydroxyl groups excluding tert-OH is 1. The molecule has 0 bridgehead atoms. The average molecular weight is 316 g/mol. The molecule has 4 aliphatic rings. The van der Waals surface area contributed by atoms with Gasteiger partial charge in [0.25, 0.3) is 0 Å². The van der Waals surface area contributed by atoms with E-state index < -0.39 is 0 Å². The van der Waals surface area contributed by atoms with Crippen LogP contribution in [0.3, 0.4) is 0 Å². The summed E-state index contributed by atoms with van der Waals surface area (Å²) in [4.78, 5) is 13.3. The van der Waals surface area contributed by atoms with E-state index in [1.807, 2.05) is 0 Å². The lowest BCUT2D eigenvalue weighted by atomic mass is 9.44. The Morgan fingerprint density at radius 2 is 1.96 bits per heavy atom.